The number of carbonyl (C=O) groups excluding carboxylic acids is 2. The molecular weight excluding hydrogens is 727 g/mol. The maximum Gasteiger partial charge on any atom is 0.279 e. The fourth-order valence-electron chi connectivity index (χ4n) is 5.46. The molecule has 0 atom stereocenters. The molecule has 0 aliphatic carbocycles. The maximum atomic E-state index is 12.8. The van der Waals surface area contributed by atoms with E-state index in [-0.39, 0.29) is 59.9 Å². The number of carbonyl (C=O) groups is 2. The van der Waals surface area contributed by atoms with Crippen LogP contribution in [-0.4, -0.2) is 66.0 Å². The predicted molar refractivity (Wildman–Crippen MR) is 200 cm³/mol. The highest BCUT2D eigenvalue weighted by molar-refractivity contribution is 6.30. The van der Waals surface area contributed by atoms with E-state index in [4.69, 9.17) is 23.2 Å². The fraction of sp³-hybridized carbons (Fsp3) is 0.189. The summed E-state index contributed by atoms with van der Waals surface area (Å²) in [6, 6.07) is 14.1. The summed E-state index contributed by atoms with van der Waals surface area (Å²) < 4.78 is 5.47. The molecule has 0 spiro atoms. The van der Waals surface area contributed by atoms with Gasteiger partial charge in [0.25, 0.3) is 11.1 Å². The summed E-state index contributed by atoms with van der Waals surface area (Å²) in [5.41, 5.74) is -0.918. The van der Waals surface area contributed by atoms with Crippen LogP contribution in [0.25, 0.3) is 11.0 Å². The summed E-state index contributed by atoms with van der Waals surface area (Å²) in [6.07, 6.45) is 8.66. The molecule has 2 aromatic carbocycles. The number of nitrogens with one attached hydrogen (secondary N) is 1. The molecule has 0 saturated heterocycles. The van der Waals surface area contributed by atoms with Crippen LogP contribution in [0.5, 0.6) is 11.5 Å². The summed E-state index contributed by atoms with van der Waals surface area (Å²) in [5.74, 6) is -1.97. The molecule has 0 bridgehead atoms. The Morgan fingerprint density at radius 2 is 1.13 bits per heavy atom. The number of likely N-dealkylation sites (N-methyl/N-ethyl adjacent to an activating group) is 2. The van der Waals surface area contributed by atoms with E-state index in [1.54, 1.807) is 75.3 Å². The van der Waals surface area contributed by atoms with Crippen LogP contribution in [0.4, 0.5) is 0 Å². The van der Waals surface area contributed by atoms with Crippen LogP contribution < -0.4 is 27.3 Å². The SMILES string of the molecule is CN(C)C(=O)Cc1cn2ccn(Cc3cccc(Cl)c3)c(=O)c2c(O)c1=O.CNC(=O)Cc1cn2ccn(Cc3cccc(Cl)c3)c(=O)c2c(O)c1=O. The number of benzene rings is 2. The van der Waals surface area contributed by atoms with Gasteiger partial charge in [0, 0.05) is 79.5 Å². The van der Waals surface area contributed by atoms with Gasteiger partial charge in [0.1, 0.15) is 0 Å². The highest BCUT2D eigenvalue weighted by atomic mass is 35.5. The Balaban J connectivity index is 0.000000204. The van der Waals surface area contributed by atoms with E-state index in [0.29, 0.717) is 10.0 Å². The van der Waals surface area contributed by atoms with Crippen molar-refractivity contribution in [3.63, 3.8) is 0 Å². The summed E-state index contributed by atoms with van der Waals surface area (Å²) in [7, 11) is 4.61. The van der Waals surface area contributed by atoms with E-state index < -0.39 is 33.5 Å². The molecule has 4 aromatic heterocycles. The lowest BCUT2D eigenvalue weighted by molar-refractivity contribution is -0.128. The van der Waals surface area contributed by atoms with Crippen LogP contribution in [0.2, 0.25) is 10.0 Å². The van der Waals surface area contributed by atoms with Crippen molar-refractivity contribution >= 4 is 46.0 Å². The van der Waals surface area contributed by atoms with Crippen molar-refractivity contribution < 1.29 is 19.8 Å². The zero-order chi connectivity index (χ0) is 38.6. The summed E-state index contributed by atoms with van der Waals surface area (Å²) >= 11 is 11.9. The van der Waals surface area contributed by atoms with Crippen LogP contribution in [0, 0.1) is 0 Å². The Kier molecular flexibility index (Phi) is 11.5. The van der Waals surface area contributed by atoms with E-state index in [2.05, 4.69) is 5.32 Å². The van der Waals surface area contributed by atoms with Gasteiger partial charge in [-0.05, 0) is 35.4 Å². The fourth-order valence-corrected chi connectivity index (χ4v) is 5.89. The molecule has 2 amide bonds. The Morgan fingerprint density at radius 3 is 1.53 bits per heavy atom. The predicted octanol–water partition coefficient (Wildman–Crippen LogP) is 2.66. The van der Waals surface area contributed by atoms with Gasteiger partial charge in [-0.25, -0.2) is 0 Å². The number of hydrogen-bond donors (Lipinski definition) is 3. The first-order valence-electron chi connectivity index (χ1n) is 16.0. The highest BCUT2D eigenvalue weighted by Crippen LogP contribution is 2.16. The first kappa shape index (κ1) is 38.1. The van der Waals surface area contributed by atoms with Crippen LogP contribution in [0.1, 0.15) is 22.3 Å². The second-order valence-corrected chi connectivity index (χ2v) is 13.1. The van der Waals surface area contributed by atoms with Crippen molar-refractivity contribution in [2.75, 3.05) is 21.1 Å². The summed E-state index contributed by atoms with van der Waals surface area (Å²) in [4.78, 5) is 74.9. The van der Waals surface area contributed by atoms with E-state index in [0.717, 1.165) is 11.1 Å². The van der Waals surface area contributed by atoms with Crippen molar-refractivity contribution in [3.8, 4) is 11.5 Å². The third kappa shape index (κ3) is 8.51. The van der Waals surface area contributed by atoms with E-state index in [9.17, 15) is 39.0 Å². The number of amides is 2. The van der Waals surface area contributed by atoms with Crippen LogP contribution in [0.15, 0.2) is 105 Å². The average molecular weight is 762 g/mol. The number of pyridine rings is 2. The van der Waals surface area contributed by atoms with Crippen molar-refractivity contribution in [2.24, 2.45) is 0 Å². The lowest BCUT2D eigenvalue weighted by Gasteiger charge is -2.13. The number of hydrogen-bond acceptors (Lipinski definition) is 8. The molecule has 0 aliphatic heterocycles. The smallest absolute Gasteiger partial charge is 0.279 e. The largest absolute Gasteiger partial charge is 0.503 e. The van der Waals surface area contributed by atoms with Gasteiger partial charge in [-0.2, -0.15) is 0 Å². The molecular formula is C37H34Cl2N6O8. The minimum absolute atomic E-state index is 0.103. The summed E-state index contributed by atoms with van der Waals surface area (Å²) in [6.45, 7) is 0.480. The number of rotatable bonds is 8. The Bertz CT molecular complexity index is 2630. The minimum Gasteiger partial charge on any atom is -0.503 e. The van der Waals surface area contributed by atoms with Gasteiger partial charge < -0.3 is 38.4 Å². The molecule has 0 aliphatic rings. The zero-order valence-corrected chi connectivity index (χ0v) is 30.3. The van der Waals surface area contributed by atoms with E-state index in [1.165, 1.54) is 42.3 Å². The molecule has 0 radical (unpaired) electrons. The Hall–Kier alpha value is -6.12. The van der Waals surface area contributed by atoms with Gasteiger partial charge in [0.15, 0.2) is 22.5 Å². The van der Waals surface area contributed by atoms with Gasteiger partial charge >= 0.3 is 0 Å². The quantitative estimate of drug-likeness (QED) is 0.212. The van der Waals surface area contributed by atoms with Crippen molar-refractivity contribution in [3.05, 3.63) is 159 Å². The number of nitrogens with zero attached hydrogens (tertiary/aromatic N) is 5. The standard InChI is InChI=1S/C19H18ClN3O4.C18H16ClN3O4/c1-21(2)15(24)9-13-11-22-6-7-23(10-12-4-3-5-14(20)8-12)19(27)16(22)18(26)17(13)25;1-20-14(23)8-12-10-21-5-6-22(9-11-3-2-4-13(19)7-11)18(26)15(21)17(25)16(12)24/h3-8,11,26H,9-10H2,1-2H3;2-7,10,25H,8-9H2,1H3,(H,20,23). The average Bonchev–Trinajstić information content (AvgIpc) is 3.11. The maximum absolute atomic E-state index is 12.8. The molecule has 4 heterocycles. The monoisotopic (exact) mass is 760 g/mol. The van der Waals surface area contributed by atoms with Gasteiger partial charge in [-0.3, -0.25) is 28.8 Å². The molecule has 3 N–H and O–H groups in total. The topological polar surface area (TPSA) is 177 Å². The minimum atomic E-state index is -0.730. The van der Waals surface area contributed by atoms with Crippen molar-refractivity contribution in [1.82, 2.24) is 28.2 Å². The third-order valence-electron chi connectivity index (χ3n) is 8.26. The molecule has 6 aromatic rings. The van der Waals surface area contributed by atoms with E-state index in [1.807, 2.05) is 12.1 Å². The highest BCUT2D eigenvalue weighted by Gasteiger charge is 2.18. The summed E-state index contributed by atoms with van der Waals surface area (Å²) in [5, 5.41) is 24.1. The van der Waals surface area contributed by atoms with Crippen LogP contribution in [0.3, 0.4) is 0 Å². The number of aromatic hydroxyl groups is 2. The number of aromatic nitrogens is 4. The number of fused-ring (bicyclic) bond motifs is 2. The first-order chi connectivity index (χ1) is 25.2. The third-order valence-corrected chi connectivity index (χ3v) is 8.73. The molecule has 6 rings (SSSR count). The van der Waals surface area contributed by atoms with Crippen LogP contribution >= 0.6 is 23.2 Å². The van der Waals surface area contributed by atoms with Gasteiger partial charge in [0.05, 0.1) is 25.9 Å². The van der Waals surface area contributed by atoms with E-state index >= 15 is 0 Å². The zero-order valence-electron chi connectivity index (χ0n) is 28.7. The molecule has 16 heteroatoms. The normalized spacial score (nSPS) is 10.9. The first-order valence-corrected chi connectivity index (χ1v) is 16.8. The number of halogens is 2. The lowest BCUT2D eigenvalue weighted by atomic mass is 10.1. The molecule has 274 valence electrons. The van der Waals surface area contributed by atoms with Gasteiger partial charge in [-0.1, -0.05) is 47.5 Å². The van der Waals surface area contributed by atoms with Crippen molar-refractivity contribution in [1.29, 1.82) is 0 Å². The molecule has 0 saturated carbocycles. The Morgan fingerprint density at radius 1 is 0.698 bits per heavy atom. The molecule has 0 fully saturated rings. The van der Waals surface area contributed by atoms with Crippen LogP contribution in [-0.2, 0) is 35.5 Å². The molecule has 14 nitrogen and oxygen atoms in total. The van der Waals surface area contributed by atoms with Gasteiger partial charge in [-0.15, -0.1) is 0 Å². The second-order valence-electron chi connectivity index (χ2n) is 12.2. The molecule has 0 unspecified atom stereocenters. The second kappa shape index (κ2) is 16.0. The molecule has 53 heavy (non-hydrogen) atoms. The Labute approximate surface area is 310 Å². The lowest BCUT2D eigenvalue weighted by Crippen LogP contribution is -2.28. The van der Waals surface area contributed by atoms with Crippen molar-refractivity contribution in [2.45, 2.75) is 25.9 Å². The van der Waals surface area contributed by atoms with Gasteiger partial charge in [0.2, 0.25) is 22.7 Å².